The molecule has 0 aliphatic rings. The molecule has 0 saturated heterocycles. The van der Waals surface area contributed by atoms with Gasteiger partial charge in [0, 0.05) is 6.20 Å². The molecule has 0 fully saturated rings. The van der Waals surface area contributed by atoms with E-state index in [1.54, 1.807) is 0 Å². The Balaban J connectivity index is 2.91. The number of pyridine rings is 1. The van der Waals surface area contributed by atoms with Crippen LogP contribution in [-0.4, -0.2) is 34.9 Å². The number of nitrogens with zero attached hydrogens (tertiary/aromatic N) is 1. The van der Waals surface area contributed by atoms with Crippen LogP contribution in [0.1, 0.15) is 0 Å². The highest BCUT2D eigenvalue weighted by Gasteiger charge is 2.30. The minimum Gasteiger partial charge on any atom is -0.484 e. The monoisotopic (exact) mass is 236 g/mol. The number of alkyl halides is 3. The fraction of sp³-hybridized carbons (Fsp3) is 0.286. The first-order valence-electron chi connectivity index (χ1n) is 4.11. The molecule has 0 aliphatic heterocycles. The molecular formula is C7H8BF3N2O3. The number of hydrogen-bond donors (Lipinski definition) is 3. The summed E-state index contributed by atoms with van der Waals surface area (Å²) in [6, 6.07) is 1.07. The van der Waals surface area contributed by atoms with Gasteiger partial charge in [0.25, 0.3) is 0 Å². The first-order valence-corrected chi connectivity index (χ1v) is 4.11. The van der Waals surface area contributed by atoms with E-state index in [0.29, 0.717) is 0 Å². The summed E-state index contributed by atoms with van der Waals surface area (Å²) in [5.41, 5.74) is 4.89. The first-order chi connectivity index (χ1) is 7.31. The van der Waals surface area contributed by atoms with Gasteiger partial charge in [-0.05, 0) is 6.07 Å². The van der Waals surface area contributed by atoms with Crippen molar-refractivity contribution in [2.24, 2.45) is 0 Å². The van der Waals surface area contributed by atoms with Crippen LogP contribution in [0.2, 0.25) is 0 Å². The molecule has 5 nitrogen and oxygen atoms in total. The molecule has 0 atom stereocenters. The highest BCUT2D eigenvalue weighted by atomic mass is 19.4. The Morgan fingerprint density at radius 2 is 2.06 bits per heavy atom. The molecule has 0 aromatic carbocycles. The molecule has 0 unspecified atom stereocenters. The molecule has 0 spiro atoms. The van der Waals surface area contributed by atoms with Gasteiger partial charge in [-0.1, -0.05) is 0 Å². The predicted molar refractivity (Wildman–Crippen MR) is 50.0 cm³/mol. The van der Waals surface area contributed by atoms with Crippen molar-refractivity contribution in [3.8, 4) is 5.75 Å². The van der Waals surface area contributed by atoms with Crippen molar-refractivity contribution in [1.82, 2.24) is 4.98 Å². The summed E-state index contributed by atoms with van der Waals surface area (Å²) in [6.45, 7) is -1.55. The van der Waals surface area contributed by atoms with Gasteiger partial charge in [0.15, 0.2) is 6.61 Å². The Morgan fingerprint density at radius 3 is 2.56 bits per heavy atom. The molecule has 88 valence electrons. The summed E-state index contributed by atoms with van der Waals surface area (Å²) < 4.78 is 40.0. The molecule has 1 rings (SSSR count). The SMILES string of the molecule is Nc1nccc(OCC(F)(F)F)c1B(O)O. The number of aromatic nitrogens is 1. The van der Waals surface area contributed by atoms with Crippen molar-refractivity contribution in [2.75, 3.05) is 12.3 Å². The molecule has 1 aromatic heterocycles. The number of rotatable bonds is 3. The Hall–Kier alpha value is -1.48. The molecule has 0 bridgehead atoms. The summed E-state index contributed by atoms with van der Waals surface area (Å²) in [5, 5.41) is 17.8. The van der Waals surface area contributed by atoms with Gasteiger partial charge in [0.05, 0.1) is 5.46 Å². The summed E-state index contributed by atoms with van der Waals surface area (Å²) in [4.78, 5) is 3.50. The number of halogens is 3. The zero-order valence-electron chi connectivity index (χ0n) is 7.90. The average molecular weight is 236 g/mol. The lowest BCUT2D eigenvalue weighted by molar-refractivity contribution is -0.153. The summed E-state index contributed by atoms with van der Waals surface area (Å²) in [5.74, 6) is -0.658. The van der Waals surface area contributed by atoms with Crippen LogP contribution in [0, 0.1) is 0 Å². The van der Waals surface area contributed by atoms with Crippen molar-refractivity contribution in [1.29, 1.82) is 0 Å². The third-order valence-corrected chi connectivity index (χ3v) is 1.63. The van der Waals surface area contributed by atoms with E-state index in [9.17, 15) is 13.2 Å². The van der Waals surface area contributed by atoms with Gasteiger partial charge in [0.1, 0.15) is 11.6 Å². The Labute approximate surface area is 88.8 Å². The average Bonchev–Trinajstić information content (AvgIpc) is 2.12. The molecule has 4 N–H and O–H groups in total. The molecule has 0 saturated carbocycles. The van der Waals surface area contributed by atoms with Gasteiger partial charge in [0.2, 0.25) is 0 Å². The van der Waals surface area contributed by atoms with Gasteiger partial charge in [-0.3, -0.25) is 0 Å². The largest absolute Gasteiger partial charge is 0.496 e. The number of nitrogen functional groups attached to an aromatic ring is 1. The fourth-order valence-corrected chi connectivity index (χ4v) is 1.02. The van der Waals surface area contributed by atoms with Crippen LogP contribution < -0.4 is 15.9 Å². The smallest absolute Gasteiger partial charge is 0.484 e. The lowest BCUT2D eigenvalue weighted by atomic mass is 9.80. The van der Waals surface area contributed by atoms with Crippen LogP contribution in [-0.2, 0) is 0 Å². The van der Waals surface area contributed by atoms with Gasteiger partial charge >= 0.3 is 13.3 Å². The lowest BCUT2D eigenvalue weighted by Gasteiger charge is -2.13. The first kappa shape index (κ1) is 12.6. The summed E-state index contributed by atoms with van der Waals surface area (Å²) >= 11 is 0. The van der Waals surface area contributed by atoms with Gasteiger partial charge < -0.3 is 20.5 Å². The molecular weight excluding hydrogens is 228 g/mol. The zero-order valence-corrected chi connectivity index (χ0v) is 7.90. The Morgan fingerprint density at radius 1 is 1.44 bits per heavy atom. The Kier molecular flexibility index (Phi) is 3.60. The van der Waals surface area contributed by atoms with Crippen LogP contribution in [0.15, 0.2) is 12.3 Å². The maximum Gasteiger partial charge on any atom is 0.496 e. The second-order valence-electron chi connectivity index (χ2n) is 2.89. The molecule has 1 heterocycles. The van der Waals surface area contributed by atoms with Crippen molar-refractivity contribution in [2.45, 2.75) is 6.18 Å². The van der Waals surface area contributed by atoms with Crippen LogP contribution >= 0.6 is 0 Å². The van der Waals surface area contributed by atoms with Crippen LogP contribution in [0.3, 0.4) is 0 Å². The second kappa shape index (κ2) is 4.58. The number of anilines is 1. The van der Waals surface area contributed by atoms with Crippen molar-refractivity contribution >= 4 is 18.4 Å². The maximum absolute atomic E-state index is 11.9. The molecule has 0 amide bonds. The quantitative estimate of drug-likeness (QED) is 0.603. The van der Waals surface area contributed by atoms with E-state index in [-0.39, 0.29) is 17.0 Å². The topological polar surface area (TPSA) is 88.6 Å². The van der Waals surface area contributed by atoms with E-state index in [1.807, 2.05) is 0 Å². The Bertz CT molecular complexity index is 372. The third-order valence-electron chi connectivity index (χ3n) is 1.63. The zero-order chi connectivity index (χ0) is 12.3. The van der Waals surface area contributed by atoms with E-state index in [0.717, 1.165) is 12.3 Å². The van der Waals surface area contributed by atoms with Gasteiger partial charge in [-0.2, -0.15) is 13.2 Å². The maximum atomic E-state index is 11.9. The van der Waals surface area contributed by atoms with Crippen LogP contribution in [0.5, 0.6) is 5.75 Å². The van der Waals surface area contributed by atoms with Gasteiger partial charge in [-0.15, -0.1) is 0 Å². The normalized spacial score (nSPS) is 11.3. The fourth-order valence-electron chi connectivity index (χ4n) is 1.02. The molecule has 9 heteroatoms. The molecule has 0 radical (unpaired) electrons. The van der Waals surface area contributed by atoms with Crippen LogP contribution in [0.25, 0.3) is 0 Å². The number of nitrogens with two attached hydrogens (primary N) is 1. The minimum atomic E-state index is -4.52. The van der Waals surface area contributed by atoms with E-state index in [1.165, 1.54) is 0 Å². The highest BCUT2D eigenvalue weighted by Crippen LogP contribution is 2.18. The summed E-state index contributed by atoms with van der Waals surface area (Å²) in [7, 11) is -2.04. The standard InChI is InChI=1S/C7H8BF3N2O3/c9-7(10,11)3-16-4-1-2-13-6(12)5(4)8(14)15/h1-2,14-15H,3H2,(H2,12,13). The van der Waals surface area contributed by atoms with E-state index >= 15 is 0 Å². The van der Waals surface area contributed by atoms with E-state index in [2.05, 4.69) is 9.72 Å². The molecule has 0 aliphatic carbocycles. The summed E-state index contributed by atoms with van der Waals surface area (Å²) in [6.07, 6.45) is -3.41. The van der Waals surface area contributed by atoms with Crippen LogP contribution in [0.4, 0.5) is 19.0 Å². The molecule has 1 aromatic rings. The number of ether oxygens (including phenoxy) is 1. The highest BCUT2D eigenvalue weighted by molar-refractivity contribution is 6.61. The van der Waals surface area contributed by atoms with Crippen molar-refractivity contribution < 1.29 is 28.0 Å². The molecule has 16 heavy (non-hydrogen) atoms. The van der Waals surface area contributed by atoms with Crippen molar-refractivity contribution in [3.63, 3.8) is 0 Å². The lowest BCUT2D eigenvalue weighted by Crippen LogP contribution is -2.35. The van der Waals surface area contributed by atoms with Crippen molar-refractivity contribution in [3.05, 3.63) is 12.3 Å². The van der Waals surface area contributed by atoms with E-state index < -0.39 is 19.9 Å². The van der Waals surface area contributed by atoms with E-state index in [4.69, 9.17) is 15.8 Å². The second-order valence-corrected chi connectivity index (χ2v) is 2.89. The van der Waals surface area contributed by atoms with Gasteiger partial charge in [-0.25, -0.2) is 4.98 Å². The number of hydrogen-bond acceptors (Lipinski definition) is 5. The predicted octanol–water partition coefficient (Wildman–Crippen LogP) is -0.715. The third kappa shape index (κ3) is 3.28. The minimum absolute atomic E-state index is 0.297.